The van der Waals surface area contributed by atoms with Crippen LogP contribution in [0.5, 0.6) is 0 Å². The number of thiophene rings is 1. The van der Waals surface area contributed by atoms with Gasteiger partial charge < -0.3 is 0 Å². The lowest BCUT2D eigenvalue weighted by molar-refractivity contribution is 0.914. The van der Waals surface area contributed by atoms with Crippen LogP contribution in [-0.2, 0) is 12.8 Å². The molecule has 0 saturated carbocycles. The standard InChI is InChI=1S/C19H22N4S/c1-4-23(14-10-8-12(2)9-11-14)22-18-17-15-6-5-7-16(15)24-19(17)21-13(3)20-18/h8-11H,4-7H2,1-3H3,(H,20,21,22). The van der Waals surface area contributed by atoms with Crippen LogP contribution in [0.15, 0.2) is 24.3 Å². The van der Waals surface area contributed by atoms with Gasteiger partial charge in [0.15, 0.2) is 5.82 Å². The van der Waals surface area contributed by atoms with Crippen molar-refractivity contribution in [3.8, 4) is 0 Å². The Bertz CT molecular complexity index is 883. The van der Waals surface area contributed by atoms with E-state index in [9.17, 15) is 0 Å². The average Bonchev–Trinajstić information content (AvgIpc) is 3.13. The molecule has 2 aromatic heterocycles. The van der Waals surface area contributed by atoms with Crippen molar-refractivity contribution in [2.24, 2.45) is 0 Å². The molecule has 3 aromatic rings. The normalized spacial score (nSPS) is 13.3. The lowest BCUT2D eigenvalue weighted by Gasteiger charge is -2.25. The summed E-state index contributed by atoms with van der Waals surface area (Å²) >= 11 is 1.84. The van der Waals surface area contributed by atoms with E-state index in [1.807, 2.05) is 18.3 Å². The van der Waals surface area contributed by atoms with Crippen molar-refractivity contribution in [1.29, 1.82) is 0 Å². The Balaban J connectivity index is 1.76. The van der Waals surface area contributed by atoms with Gasteiger partial charge in [0.25, 0.3) is 0 Å². The molecule has 0 fully saturated rings. The number of aryl methyl sites for hydroxylation is 4. The van der Waals surface area contributed by atoms with Crippen LogP contribution in [0.25, 0.3) is 10.2 Å². The van der Waals surface area contributed by atoms with E-state index in [1.165, 1.54) is 34.2 Å². The van der Waals surface area contributed by atoms with Gasteiger partial charge in [0, 0.05) is 11.4 Å². The number of nitrogens with zero attached hydrogens (tertiary/aromatic N) is 3. The Hall–Kier alpha value is -2.14. The smallest absolute Gasteiger partial charge is 0.157 e. The van der Waals surface area contributed by atoms with E-state index in [2.05, 4.69) is 53.5 Å². The first-order valence-electron chi connectivity index (χ1n) is 8.55. The van der Waals surface area contributed by atoms with Gasteiger partial charge >= 0.3 is 0 Å². The van der Waals surface area contributed by atoms with Crippen molar-refractivity contribution in [2.45, 2.75) is 40.0 Å². The number of rotatable bonds is 4. The molecule has 0 radical (unpaired) electrons. The molecule has 0 saturated heterocycles. The number of nitrogens with one attached hydrogen (secondary N) is 1. The number of hydrogen-bond acceptors (Lipinski definition) is 5. The van der Waals surface area contributed by atoms with E-state index < -0.39 is 0 Å². The molecule has 0 spiro atoms. The average molecular weight is 338 g/mol. The minimum Gasteiger partial charge on any atom is -0.287 e. The van der Waals surface area contributed by atoms with Crippen LogP contribution < -0.4 is 10.4 Å². The predicted octanol–water partition coefficient (Wildman–Crippen LogP) is 4.65. The van der Waals surface area contributed by atoms with Crippen molar-refractivity contribution in [1.82, 2.24) is 9.97 Å². The zero-order valence-electron chi connectivity index (χ0n) is 14.4. The molecule has 2 heterocycles. The van der Waals surface area contributed by atoms with E-state index in [0.29, 0.717) is 0 Å². The van der Waals surface area contributed by atoms with Gasteiger partial charge in [-0.25, -0.2) is 9.97 Å². The molecular formula is C19H22N4S. The fourth-order valence-electron chi connectivity index (χ4n) is 3.36. The van der Waals surface area contributed by atoms with E-state index in [0.717, 1.165) is 35.1 Å². The third-order valence-corrected chi connectivity index (χ3v) is 5.76. The molecular weight excluding hydrogens is 316 g/mol. The Morgan fingerprint density at radius 1 is 1.12 bits per heavy atom. The SMILES string of the molecule is CCN(Nc1nc(C)nc2sc3c(c12)CCC3)c1ccc(C)cc1. The molecule has 24 heavy (non-hydrogen) atoms. The van der Waals surface area contributed by atoms with Gasteiger partial charge in [0.2, 0.25) is 0 Å². The first kappa shape index (κ1) is 15.4. The number of fused-ring (bicyclic) bond motifs is 3. The second-order valence-electron chi connectivity index (χ2n) is 6.35. The van der Waals surface area contributed by atoms with E-state index in [-0.39, 0.29) is 0 Å². The first-order chi connectivity index (χ1) is 11.7. The lowest BCUT2D eigenvalue weighted by Crippen LogP contribution is -2.30. The molecule has 5 heteroatoms. The highest BCUT2D eigenvalue weighted by Crippen LogP contribution is 2.39. The highest BCUT2D eigenvalue weighted by molar-refractivity contribution is 7.19. The van der Waals surface area contributed by atoms with Gasteiger partial charge in [-0.15, -0.1) is 11.3 Å². The predicted molar refractivity (Wildman–Crippen MR) is 102 cm³/mol. The molecule has 0 amide bonds. The fourth-order valence-corrected chi connectivity index (χ4v) is 4.67. The van der Waals surface area contributed by atoms with Gasteiger partial charge in [-0.05, 0) is 57.7 Å². The molecule has 1 N–H and O–H groups in total. The molecule has 0 aliphatic heterocycles. The van der Waals surface area contributed by atoms with Crippen LogP contribution in [-0.4, -0.2) is 16.5 Å². The van der Waals surface area contributed by atoms with Crippen molar-refractivity contribution < 1.29 is 0 Å². The summed E-state index contributed by atoms with van der Waals surface area (Å²) in [7, 11) is 0. The third kappa shape index (κ3) is 2.63. The van der Waals surface area contributed by atoms with E-state index >= 15 is 0 Å². The highest BCUT2D eigenvalue weighted by Gasteiger charge is 2.22. The molecule has 0 bridgehead atoms. The topological polar surface area (TPSA) is 41.0 Å². The Morgan fingerprint density at radius 2 is 1.92 bits per heavy atom. The van der Waals surface area contributed by atoms with Gasteiger partial charge in [0.1, 0.15) is 10.7 Å². The molecule has 1 aliphatic rings. The molecule has 1 aromatic carbocycles. The molecule has 1 aliphatic carbocycles. The lowest BCUT2D eigenvalue weighted by atomic mass is 10.2. The third-order valence-electron chi connectivity index (χ3n) is 4.58. The van der Waals surface area contributed by atoms with E-state index in [1.54, 1.807) is 0 Å². The Labute approximate surface area is 146 Å². The second kappa shape index (κ2) is 6.06. The van der Waals surface area contributed by atoms with Crippen molar-refractivity contribution >= 4 is 33.1 Å². The molecule has 4 rings (SSSR count). The maximum absolute atomic E-state index is 4.72. The largest absolute Gasteiger partial charge is 0.287 e. The van der Waals surface area contributed by atoms with Crippen LogP contribution >= 0.6 is 11.3 Å². The van der Waals surface area contributed by atoms with Crippen molar-refractivity contribution in [3.05, 3.63) is 46.1 Å². The quantitative estimate of drug-likeness (QED) is 0.703. The number of benzene rings is 1. The summed E-state index contributed by atoms with van der Waals surface area (Å²) < 4.78 is 0. The van der Waals surface area contributed by atoms with Crippen molar-refractivity contribution in [3.63, 3.8) is 0 Å². The van der Waals surface area contributed by atoms with Crippen LogP contribution in [0.2, 0.25) is 0 Å². The summed E-state index contributed by atoms with van der Waals surface area (Å²) in [6.45, 7) is 7.09. The molecule has 0 atom stereocenters. The van der Waals surface area contributed by atoms with Crippen LogP contribution in [0.4, 0.5) is 11.5 Å². The number of hydrogen-bond donors (Lipinski definition) is 1. The number of aromatic nitrogens is 2. The molecule has 124 valence electrons. The zero-order valence-corrected chi connectivity index (χ0v) is 15.2. The summed E-state index contributed by atoms with van der Waals surface area (Å²) in [6, 6.07) is 8.58. The number of hydrazine groups is 1. The summed E-state index contributed by atoms with van der Waals surface area (Å²) in [6.07, 6.45) is 3.58. The monoisotopic (exact) mass is 338 g/mol. The van der Waals surface area contributed by atoms with E-state index in [4.69, 9.17) is 4.98 Å². The molecule has 0 unspecified atom stereocenters. The highest BCUT2D eigenvalue weighted by atomic mass is 32.1. The fraction of sp³-hybridized carbons (Fsp3) is 0.368. The van der Waals surface area contributed by atoms with Crippen molar-refractivity contribution in [2.75, 3.05) is 17.0 Å². The second-order valence-corrected chi connectivity index (χ2v) is 7.43. The summed E-state index contributed by atoms with van der Waals surface area (Å²) in [5.41, 5.74) is 7.43. The summed E-state index contributed by atoms with van der Waals surface area (Å²) in [5.74, 6) is 1.77. The zero-order chi connectivity index (χ0) is 16.7. The van der Waals surface area contributed by atoms with Crippen LogP contribution in [0.1, 0.15) is 35.2 Å². The molecule has 4 nitrogen and oxygen atoms in total. The van der Waals surface area contributed by atoms with Gasteiger partial charge in [0.05, 0.1) is 11.1 Å². The first-order valence-corrected chi connectivity index (χ1v) is 9.37. The Morgan fingerprint density at radius 3 is 2.67 bits per heavy atom. The Kier molecular flexibility index (Phi) is 3.88. The van der Waals surface area contributed by atoms with Gasteiger partial charge in [-0.3, -0.25) is 10.4 Å². The summed E-state index contributed by atoms with van der Waals surface area (Å²) in [5, 5.41) is 3.38. The van der Waals surface area contributed by atoms with Crippen LogP contribution in [0, 0.1) is 13.8 Å². The van der Waals surface area contributed by atoms with Gasteiger partial charge in [-0.1, -0.05) is 17.7 Å². The summed E-state index contributed by atoms with van der Waals surface area (Å²) in [4.78, 5) is 12.0. The maximum atomic E-state index is 4.72. The number of anilines is 2. The minimum absolute atomic E-state index is 0.824. The van der Waals surface area contributed by atoms with Crippen LogP contribution in [0.3, 0.4) is 0 Å². The maximum Gasteiger partial charge on any atom is 0.157 e. The minimum atomic E-state index is 0.824. The van der Waals surface area contributed by atoms with Gasteiger partial charge in [-0.2, -0.15) is 0 Å².